The summed E-state index contributed by atoms with van der Waals surface area (Å²) in [6.45, 7) is 5.65. The van der Waals surface area contributed by atoms with Crippen molar-refractivity contribution in [3.05, 3.63) is 12.2 Å². The van der Waals surface area contributed by atoms with Gasteiger partial charge >= 0.3 is 5.97 Å². The van der Waals surface area contributed by atoms with E-state index in [-0.39, 0.29) is 12.1 Å². The fraction of sp³-hybridized carbons (Fsp3) is 0.667. The van der Waals surface area contributed by atoms with E-state index in [1.165, 1.54) is 0 Å². The Morgan fingerprint density at radius 3 is 2.64 bits per heavy atom. The molecule has 0 saturated carbocycles. The third kappa shape index (κ3) is 7.10. The Morgan fingerprint density at radius 2 is 2.18 bits per heavy atom. The highest BCUT2D eigenvalue weighted by atomic mass is 16.5. The van der Waals surface area contributed by atoms with E-state index in [2.05, 4.69) is 0 Å². The molecule has 0 aromatic rings. The fourth-order valence-electron chi connectivity index (χ4n) is 0.690. The Bertz CT molecular complexity index is 136. The average molecular weight is 156 g/mol. The van der Waals surface area contributed by atoms with Crippen LogP contribution in [-0.2, 0) is 9.53 Å². The van der Waals surface area contributed by atoms with Gasteiger partial charge in [-0.3, -0.25) is 4.79 Å². The lowest BCUT2D eigenvalue weighted by atomic mass is 10.3. The lowest BCUT2D eigenvalue weighted by molar-refractivity contribution is -0.147. The summed E-state index contributed by atoms with van der Waals surface area (Å²) in [4.78, 5) is 10.9. The van der Waals surface area contributed by atoms with Gasteiger partial charge in [-0.15, -0.1) is 0 Å². The van der Waals surface area contributed by atoms with Crippen LogP contribution in [0.3, 0.4) is 0 Å². The molecular formula is C9H16O2. The number of carbonyl (C=O) groups is 1. The van der Waals surface area contributed by atoms with Gasteiger partial charge < -0.3 is 4.74 Å². The minimum Gasteiger partial charge on any atom is -0.463 e. The summed E-state index contributed by atoms with van der Waals surface area (Å²) in [5.74, 6) is -0.113. The molecule has 0 atom stereocenters. The van der Waals surface area contributed by atoms with E-state index in [9.17, 15) is 4.79 Å². The number of allylic oxidation sites excluding steroid dienone is 2. The Morgan fingerprint density at radius 1 is 1.55 bits per heavy atom. The molecule has 11 heavy (non-hydrogen) atoms. The van der Waals surface area contributed by atoms with Crippen LogP contribution in [0.5, 0.6) is 0 Å². The maximum atomic E-state index is 10.9. The minimum atomic E-state index is -0.113. The van der Waals surface area contributed by atoms with Crippen molar-refractivity contribution in [1.29, 1.82) is 0 Å². The summed E-state index contributed by atoms with van der Waals surface area (Å²) in [7, 11) is 0. The zero-order valence-corrected chi connectivity index (χ0v) is 7.46. The smallest absolute Gasteiger partial charge is 0.306 e. The standard InChI is InChI=1S/C9H16O2/c1-4-5-6-7-9(10)11-8(2)3/h4-5,8H,6-7H2,1-3H3/b5-4+. The van der Waals surface area contributed by atoms with Gasteiger partial charge in [0.1, 0.15) is 0 Å². The van der Waals surface area contributed by atoms with Crippen molar-refractivity contribution < 1.29 is 9.53 Å². The lowest BCUT2D eigenvalue weighted by Gasteiger charge is -2.05. The lowest BCUT2D eigenvalue weighted by Crippen LogP contribution is -2.10. The molecule has 0 heterocycles. The quantitative estimate of drug-likeness (QED) is 0.461. The van der Waals surface area contributed by atoms with Crippen molar-refractivity contribution in [2.24, 2.45) is 0 Å². The zero-order valence-electron chi connectivity index (χ0n) is 7.46. The van der Waals surface area contributed by atoms with Gasteiger partial charge in [-0.05, 0) is 27.2 Å². The van der Waals surface area contributed by atoms with Crippen molar-refractivity contribution in [1.82, 2.24) is 0 Å². The van der Waals surface area contributed by atoms with Crippen LogP contribution in [0.2, 0.25) is 0 Å². The zero-order chi connectivity index (χ0) is 8.69. The van der Waals surface area contributed by atoms with Gasteiger partial charge in [0.15, 0.2) is 0 Å². The molecule has 0 unspecified atom stereocenters. The van der Waals surface area contributed by atoms with Crippen LogP contribution in [0.4, 0.5) is 0 Å². The molecule has 0 aliphatic rings. The number of esters is 1. The van der Waals surface area contributed by atoms with Crippen LogP contribution >= 0.6 is 0 Å². The first-order valence-electron chi connectivity index (χ1n) is 3.97. The van der Waals surface area contributed by atoms with Gasteiger partial charge in [-0.1, -0.05) is 12.2 Å². The molecule has 0 spiro atoms. The first-order valence-corrected chi connectivity index (χ1v) is 3.97. The molecule has 0 amide bonds. The molecular weight excluding hydrogens is 140 g/mol. The van der Waals surface area contributed by atoms with Crippen LogP contribution < -0.4 is 0 Å². The van der Waals surface area contributed by atoms with Crippen molar-refractivity contribution in [2.45, 2.75) is 39.7 Å². The molecule has 64 valence electrons. The fourth-order valence-corrected chi connectivity index (χ4v) is 0.690. The van der Waals surface area contributed by atoms with Crippen molar-refractivity contribution in [2.75, 3.05) is 0 Å². The molecule has 0 aromatic heterocycles. The third-order valence-electron chi connectivity index (χ3n) is 1.12. The van der Waals surface area contributed by atoms with Crippen LogP contribution in [0.25, 0.3) is 0 Å². The molecule has 0 N–H and O–H groups in total. The first-order chi connectivity index (χ1) is 5.16. The second kappa shape index (κ2) is 5.96. The van der Waals surface area contributed by atoms with E-state index in [0.29, 0.717) is 6.42 Å². The predicted octanol–water partition coefficient (Wildman–Crippen LogP) is 2.29. The molecule has 2 nitrogen and oxygen atoms in total. The number of hydrogen-bond acceptors (Lipinski definition) is 2. The minimum absolute atomic E-state index is 0.00751. The van der Waals surface area contributed by atoms with E-state index < -0.39 is 0 Å². The van der Waals surface area contributed by atoms with Crippen LogP contribution in [0, 0.1) is 0 Å². The maximum Gasteiger partial charge on any atom is 0.306 e. The number of carbonyl (C=O) groups excluding carboxylic acids is 1. The second-order valence-corrected chi connectivity index (χ2v) is 2.65. The molecule has 0 rings (SSSR count). The highest BCUT2D eigenvalue weighted by Crippen LogP contribution is 1.97. The van der Waals surface area contributed by atoms with E-state index in [4.69, 9.17) is 4.74 Å². The van der Waals surface area contributed by atoms with Crippen LogP contribution in [-0.4, -0.2) is 12.1 Å². The monoisotopic (exact) mass is 156 g/mol. The molecule has 0 fully saturated rings. The largest absolute Gasteiger partial charge is 0.463 e. The average Bonchev–Trinajstić information content (AvgIpc) is 1.86. The Kier molecular flexibility index (Phi) is 5.53. The van der Waals surface area contributed by atoms with Gasteiger partial charge in [-0.2, -0.15) is 0 Å². The Balaban J connectivity index is 3.37. The van der Waals surface area contributed by atoms with E-state index in [1.54, 1.807) is 0 Å². The normalized spacial score (nSPS) is 10.9. The molecule has 0 saturated heterocycles. The summed E-state index contributed by atoms with van der Waals surface area (Å²) in [5, 5.41) is 0. The topological polar surface area (TPSA) is 26.3 Å². The highest BCUT2D eigenvalue weighted by Gasteiger charge is 2.02. The highest BCUT2D eigenvalue weighted by molar-refractivity contribution is 5.69. The Labute approximate surface area is 68.2 Å². The summed E-state index contributed by atoms with van der Waals surface area (Å²) >= 11 is 0. The van der Waals surface area contributed by atoms with Crippen molar-refractivity contribution >= 4 is 5.97 Å². The number of rotatable bonds is 4. The molecule has 0 aliphatic carbocycles. The molecule has 0 bridgehead atoms. The third-order valence-corrected chi connectivity index (χ3v) is 1.12. The van der Waals surface area contributed by atoms with Crippen molar-refractivity contribution in [3.63, 3.8) is 0 Å². The van der Waals surface area contributed by atoms with Gasteiger partial charge in [0, 0.05) is 6.42 Å². The van der Waals surface area contributed by atoms with E-state index in [0.717, 1.165) is 6.42 Å². The van der Waals surface area contributed by atoms with Gasteiger partial charge in [0.25, 0.3) is 0 Å². The predicted molar refractivity (Wildman–Crippen MR) is 45.3 cm³/mol. The van der Waals surface area contributed by atoms with E-state index in [1.807, 2.05) is 32.9 Å². The van der Waals surface area contributed by atoms with Crippen LogP contribution in [0.15, 0.2) is 12.2 Å². The Hall–Kier alpha value is -0.790. The summed E-state index contributed by atoms with van der Waals surface area (Å²) in [6, 6.07) is 0. The summed E-state index contributed by atoms with van der Waals surface area (Å²) in [6.07, 6.45) is 5.17. The number of ether oxygens (including phenoxy) is 1. The molecule has 0 aromatic carbocycles. The second-order valence-electron chi connectivity index (χ2n) is 2.65. The molecule has 0 aliphatic heterocycles. The van der Waals surface area contributed by atoms with Gasteiger partial charge in [-0.25, -0.2) is 0 Å². The maximum absolute atomic E-state index is 10.9. The van der Waals surface area contributed by atoms with Gasteiger partial charge in [0.2, 0.25) is 0 Å². The summed E-state index contributed by atoms with van der Waals surface area (Å²) < 4.78 is 4.92. The van der Waals surface area contributed by atoms with Crippen LogP contribution in [0.1, 0.15) is 33.6 Å². The number of hydrogen-bond donors (Lipinski definition) is 0. The van der Waals surface area contributed by atoms with Gasteiger partial charge in [0.05, 0.1) is 6.10 Å². The molecule has 0 radical (unpaired) electrons. The van der Waals surface area contributed by atoms with E-state index >= 15 is 0 Å². The summed E-state index contributed by atoms with van der Waals surface area (Å²) in [5.41, 5.74) is 0. The SMILES string of the molecule is C/C=C/CCC(=O)OC(C)C. The first kappa shape index (κ1) is 10.2. The molecule has 2 heteroatoms. The van der Waals surface area contributed by atoms with Crippen molar-refractivity contribution in [3.8, 4) is 0 Å².